The van der Waals surface area contributed by atoms with Gasteiger partial charge in [0, 0.05) is 5.56 Å². The molecule has 0 unspecified atom stereocenters. The third-order valence-corrected chi connectivity index (χ3v) is 2.94. The summed E-state index contributed by atoms with van der Waals surface area (Å²) < 4.78 is 10.5. The van der Waals surface area contributed by atoms with Crippen molar-refractivity contribution in [2.75, 3.05) is 14.2 Å². The molecule has 0 atom stereocenters. The third-order valence-electron chi connectivity index (χ3n) is 2.94. The van der Waals surface area contributed by atoms with Crippen molar-refractivity contribution in [3.05, 3.63) is 23.3 Å². The second-order valence-corrected chi connectivity index (χ2v) is 3.79. The molecule has 0 bridgehead atoms. The van der Waals surface area contributed by atoms with E-state index >= 15 is 0 Å². The Bertz CT molecular complexity index is 427. The number of rotatable bonds is 2. The Kier molecular flexibility index (Phi) is 2.99. The van der Waals surface area contributed by atoms with Crippen LogP contribution in [0.4, 0.5) is 0 Å². The van der Waals surface area contributed by atoms with Gasteiger partial charge in [-0.15, -0.1) is 0 Å². The van der Waals surface area contributed by atoms with Crippen molar-refractivity contribution in [1.29, 1.82) is 0 Å². The molecule has 0 amide bonds. The first-order valence-electron chi connectivity index (χ1n) is 5.32. The molecule has 86 valence electrons. The molecule has 0 radical (unpaired) electrons. The van der Waals surface area contributed by atoms with Gasteiger partial charge in [0.2, 0.25) is 0 Å². The predicted molar refractivity (Wildman–Crippen MR) is 63.2 cm³/mol. The molecule has 1 aromatic carbocycles. The zero-order valence-electron chi connectivity index (χ0n) is 9.62. The van der Waals surface area contributed by atoms with E-state index in [1.165, 1.54) is 5.56 Å². The summed E-state index contributed by atoms with van der Waals surface area (Å²) in [5, 5.41) is 3.84. The molecule has 4 nitrogen and oxygen atoms in total. The van der Waals surface area contributed by atoms with Crippen LogP contribution in [0.1, 0.15) is 24.0 Å². The fourth-order valence-corrected chi connectivity index (χ4v) is 2.11. The molecule has 1 aliphatic rings. The van der Waals surface area contributed by atoms with Gasteiger partial charge in [-0.1, -0.05) is 0 Å². The second kappa shape index (κ2) is 4.43. The lowest BCUT2D eigenvalue weighted by Crippen LogP contribution is -2.14. The number of fused-ring (bicyclic) bond motifs is 1. The van der Waals surface area contributed by atoms with Gasteiger partial charge in [0.15, 0.2) is 11.5 Å². The second-order valence-electron chi connectivity index (χ2n) is 3.79. The number of nitrogens with two attached hydrogens (primary N) is 1. The fraction of sp³-hybridized carbons (Fsp3) is 0.417. The molecule has 0 saturated carbocycles. The molecular formula is C12H16N2O2. The van der Waals surface area contributed by atoms with Crippen molar-refractivity contribution in [1.82, 2.24) is 0 Å². The Hall–Kier alpha value is -1.71. The van der Waals surface area contributed by atoms with Crippen LogP contribution in [0.5, 0.6) is 11.5 Å². The minimum Gasteiger partial charge on any atom is -0.493 e. The molecule has 2 rings (SSSR count). The van der Waals surface area contributed by atoms with Gasteiger partial charge in [-0.25, -0.2) is 0 Å². The number of methoxy groups -OCH3 is 2. The van der Waals surface area contributed by atoms with Crippen LogP contribution in [0.2, 0.25) is 0 Å². The molecule has 0 heterocycles. The highest BCUT2D eigenvalue weighted by Crippen LogP contribution is 2.34. The summed E-state index contributed by atoms with van der Waals surface area (Å²) in [6.07, 6.45) is 3.05. The fourth-order valence-electron chi connectivity index (χ4n) is 2.11. The van der Waals surface area contributed by atoms with E-state index in [0.717, 1.165) is 42.0 Å². The Morgan fingerprint density at radius 1 is 1.12 bits per heavy atom. The Labute approximate surface area is 95.0 Å². The number of hydrogen-bond donors (Lipinski definition) is 1. The molecule has 0 spiro atoms. The zero-order valence-corrected chi connectivity index (χ0v) is 9.62. The molecule has 1 aromatic rings. The zero-order chi connectivity index (χ0) is 11.5. The van der Waals surface area contributed by atoms with E-state index in [1.54, 1.807) is 14.2 Å². The van der Waals surface area contributed by atoms with E-state index in [2.05, 4.69) is 5.10 Å². The normalized spacial score (nSPS) is 17.0. The summed E-state index contributed by atoms with van der Waals surface area (Å²) in [5.41, 5.74) is 3.27. The highest BCUT2D eigenvalue weighted by Gasteiger charge is 2.18. The van der Waals surface area contributed by atoms with Crippen molar-refractivity contribution in [2.45, 2.75) is 19.3 Å². The molecule has 0 aromatic heterocycles. The van der Waals surface area contributed by atoms with Crippen molar-refractivity contribution >= 4 is 5.71 Å². The van der Waals surface area contributed by atoms with E-state index in [-0.39, 0.29) is 0 Å². The number of hydrazone groups is 1. The van der Waals surface area contributed by atoms with Crippen LogP contribution in [0.3, 0.4) is 0 Å². The lowest BCUT2D eigenvalue weighted by Gasteiger charge is -2.19. The molecule has 2 N–H and O–H groups in total. The van der Waals surface area contributed by atoms with E-state index < -0.39 is 0 Å². The van der Waals surface area contributed by atoms with E-state index in [4.69, 9.17) is 15.3 Å². The number of nitrogens with zero attached hydrogens (tertiary/aromatic N) is 1. The first-order valence-corrected chi connectivity index (χ1v) is 5.32. The summed E-state index contributed by atoms with van der Waals surface area (Å²) in [6.45, 7) is 0. The maximum Gasteiger partial charge on any atom is 0.161 e. The lowest BCUT2D eigenvalue weighted by atomic mass is 9.89. The van der Waals surface area contributed by atoms with E-state index in [0.29, 0.717) is 0 Å². The SMILES string of the molecule is COc1cc2c(cc1OC)C(=NN)CCC2. The van der Waals surface area contributed by atoms with Crippen LogP contribution in [-0.4, -0.2) is 19.9 Å². The van der Waals surface area contributed by atoms with Gasteiger partial charge in [0.1, 0.15) is 0 Å². The van der Waals surface area contributed by atoms with E-state index in [9.17, 15) is 0 Å². The number of aryl methyl sites for hydroxylation is 1. The summed E-state index contributed by atoms with van der Waals surface area (Å²) in [7, 11) is 3.28. The molecule has 1 aliphatic carbocycles. The first-order chi connectivity index (χ1) is 7.80. The van der Waals surface area contributed by atoms with Gasteiger partial charge >= 0.3 is 0 Å². The molecule has 0 saturated heterocycles. The Morgan fingerprint density at radius 3 is 2.44 bits per heavy atom. The highest BCUT2D eigenvalue weighted by atomic mass is 16.5. The van der Waals surface area contributed by atoms with Gasteiger partial charge in [0.05, 0.1) is 19.9 Å². The average molecular weight is 220 g/mol. The minimum atomic E-state index is 0.726. The maximum absolute atomic E-state index is 5.40. The van der Waals surface area contributed by atoms with Crippen LogP contribution >= 0.6 is 0 Å². The lowest BCUT2D eigenvalue weighted by molar-refractivity contribution is 0.354. The van der Waals surface area contributed by atoms with Crippen LogP contribution in [0.25, 0.3) is 0 Å². The van der Waals surface area contributed by atoms with E-state index in [1.807, 2.05) is 12.1 Å². The quantitative estimate of drug-likeness (QED) is 0.609. The monoisotopic (exact) mass is 220 g/mol. The van der Waals surface area contributed by atoms with Crippen LogP contribution in [0.15, 0.2) is 17.2 Å². The van der Waals surface area contributed by atoms with Gasteiger partial charge in [-0.05, 0) is 37.0 Å². The summed E-state index contributed by atoms with van der Waals surface area (Å²) in [6, 6.07) is 3.97. The first kappa shape index (κ1) is 10.8. The van der Waals surface area contributed by atoms with Crippen molar-refractivity contribution < 1.29 is 9.47 Å². The molecule has 0 fully saturated rings. The van der Waals surface area contributed by atoms with Crippen molar-refractivity contribution in [3.63, 3.8) is 0 Å². The van der Waals surface area contributed by atoms with Gasteiger partial charge < -0.3 is 15.3 Å². The van der Waals surface area contributed by atoms with Crippen LogP contribution in [-0.2, 0) is 6.42 Å². The van der Waals surface area contributed by atoms with Crippen molar-refractivity contribution in [2.24, 2.45) is 10.9 Å². The predicted octanol–water partition coefficient (Wildman–Crippen LogP) is 1.70. The molecule has 16 heavy (non-hydrogen) atoms. The van der Waals surface area contributed by atoms with Gasteiger partial charge in [-0.2, -0.15) is 5.10 Å². The van der Waals surface area contributed by atoms with Crippen molar-refractivity contribution in [3.8, 4) is 11.5 Å². The van der Waals surface area contributed by atoms with Crippen LogP contribution < -0.4 is 15.3 Å². The van der Waals surface area contributed by atoms with Crippen LogP contribution in [0, 0.1) is 0 Å². The summed E-state index contributed by atoms with van der Waals surface area (Å²) in [4.78, 5) is 0. The molecule has 4 heteroatoms. The largest absolute Gasteiger partial charge is 0.493 e. The molecular weight excluding hydrogens is 204 g/mol. The Balaban J connectivity index is 2.55. The Morgan fingerprint density at radius 2 is 1.81 bits per heavy atom. The standard InChI is InChI=1S/C12H16N2O2/c1-15-11-6-8-4-3-5-10(14-13)9(8)7-12(11)16-2/h6-7H,3-5,13H2,1-2H3. The maximum atomic E-state index is 5.40. The number of ether oxygens (including phenoxy) is 2. The summed E-state index contributed by atoms with van der Waals surface area (Å²) in [5.74, 6) is 6.89. The topological polar surface area (TPSA) is 56.8 Å². The minimum absolute atomic E-state index is 0.726. The van der Waals surface area contributed by atoms with Gasteiger partial charge in [0.25, 0.3) is 0 Å². The average Bonchev–Trinajstić information content (AvgIpc) is 2.36. The smallest absolute Gasteiger partial charge is 0.161 e. The highest BCUT2D eigenvalue weighted by molar-refractivity contribution is 6.03. The number of benzene rings is 1. The third kappa shape index (κ3) is 1.71. The number of hydrogen-bond acceptors (Lipinski definition) is 4. The summed E-state index contributed by atoms with van der Waals surface area (Å²) >= 11 is 0. The van der Waals surface area contributed by atoms with Gasteiger partial charge in [-0.3, -0.25) is 0 Å². The molecule has 0 aliphatic heterocycles.